The zero-order valence-electron chi connectivity index (χ0n) is 14.4. The highest BCUT2D eigenvalue weighted by Gasteiger charge is 2.46. The van der Waals surface area contributed by atoms with Crippen LogP contribution in [-0.4, -0.2) is 21.7 Å². The van der Waals surface area contributed by atoms with Crippen molar-refractivity contribution < 1.29 is 22.1 Å². The van der Waals surface area contributed by atoms with Crippen LogP contribution in [0.15, 0.2) is 18.2 Å². The first-order valence-corrected chi connectivity index (χ1v) is 9.16. The molecule has 0 spiro atoms. The van der Waals surface area contributed by atoms with Crippen LogP contribution < -0.4 is 4.72 Å². The van der Waals surface area contributed by atoms with Gasteiger partial charge in [0.15, 0.2) is 0 Å². The molecule has 1 fully saturated rings. The maximum Gasteiger partial charge on any atom is 0.301 e. The number of benzene rings is 1. The first-order chi connectivity index (χ1) is 11.0. The van der Waals surface area contributed by atoms with Crippen LogP contribution in [0.4, 0.5) is 13.2 Å². The second kappa shape index (κ2) is 7.14. The van der Waals surface area contributed by atoms with Crippen molar-refractivity contribution in [1.29, 1.82) is 0 Å². The molecule has 0 unspecified atom stereocenters. The lowest BCUT2D eigenvalue weighted by atomic mass is 9.96. The van der Waals surface area contributed by atoms with E-state index in [-0.39, 0.29) is 18.6 Å². The summed E-state index contributed by atoms with van der Waals surface area (Å²) in [5.74, 6) is -4.36. The van der Waals surface area contributed by atoms with Crippen LogP contribution in [0.1, 0.15) is 57.7 Å². The summed E-state index contributed by atoms with van der Waals surface area (Å²) >= 11 is 0. The summed E-state index contributed by atoms with van der Waals surface area (Å²) in [6, 6.07) is 3.26. The number of alkyl halides is 2. The lowest BCUT2D eigenvalue weighted by molar-refractivity contribution is -0.124. The summed E-state index contributed by atoms with van der Waals surface area (Å²) in [6.45, 7) is 7.21. The summed E-state index contributed by atoms with van der Waals surface area (Å²) in [7, 11) is -1.43. The zero-order valence-corrected chi connectivity index (χ0v) is 15.2. The number of hydrogen-bond acceptors (Lipinski definition) is 2. The van der Waals surface area contributed by atoms with Gasteiger partial charge in [0.25, 0.3) is 0 Å². The van der Waals surface area contributed by atoms with Gasteiger partial charge in [-0.25, -0.2) is 13.3 Å². The Hall–Kier alpha value is -0.920. The van der Waals surface area contributed by atoms with Crippen LogP contribution in [0.25, 0.3) is 0 Å². The Balaban J connectivity index is 2.29. The average Bonchev–Trinajstić information content (AvgIpc) is 3.01. The van der Waals surface area contributed by atoms with Gasteiger partial charge in [0.05, 0.1) is 21.3 Å². The van der Waals surface area contributed by atoms with Crippen LogP contribution in [0.2, 0.25) is 0 Å². The molecule has 24 heavy (non-hydrogen) atoms. The van der Waals surface area contributed by atoms with Crippen molar-refractivity contribution in [3.63, 3.8) is 0 Å². The predicted octanol–water partition coefficient (Wildman–Crippen LogP) is 4.21. The lowest BCUT2D eigenvalue weighted by Gasteiger charge is -2.26. The third kappa shape index (κ3) is 4.00. The molecular formula is C17H24F3NO2S. The van der Waals surface area contributed by atoms with Crippen molar-refractivity contribution in [3.05, 3.63) is 35.1 Å². The molecule has 0 radical (unpaired) electrons. The maximum absolute atomic E-state index is 14.7. The van der Waals surface area contributed by atoms with E-state index in [9.17, 15) is 17.4 Å². The van der Waals surface area contributed by atoms with Crippen molar-refractivity contribution in [1.82, 2.24) is 4.72 Å². The molecule has 0 amide bonds. The largest absolute Gasteiger partial charge is 0.372 e. The van der Waals surface area contributed by atoms with Crippen molar-refractivity contribution in [2.24, 2.45) is 0 Å². The first kappa shape index (κ1) is 19.4. The van der Waals surface area contributed by atoms with E-state index in [4.69, 9.17) is 4.74 Å². The molecule has 1 aromatic rings. The van der Waals surface area contributed by atoms with E-state index in [1.807, 2.05) is 0 Å². The molecule has 136 valence electrons. The van der Waals surface area contributed by atoms with E-state index in [0.29, 0.717) is 6.42 Å². The Morgan fingerprint density at radius 1 is 1.33 bits per heavy atom. The monoisotopic (exact) mass is 363 g/mol. The highest BCUT2D eigenvalue weighted by molar-refractivity contribution is 7.84. The highest BCUT2D eigenvalue weighted by atomic mass is 32.2. The number of hydrogen-bond donors (Lipinski definition) is 1. The molecule has 0 aliphatic carbocycles. The van der Waals surface area contributed by atoms with Gasteiger partial charge in [0, 0.05) is 18.2 Å². The van der Waals surface area contributed by atoms with E-state index in [0.717, 1.165) is 6.07 Å². The standard InChI is InChI=1S/C17H24F3NO2S/c1-11(21-24(22)16(2,3)4)12-7-5-8-13(15(12)18)17(19,20)14-9-6-10-23-14/h5,7-8,11,14,21H,6,9-10H2,1-4H3/t11-,14+,24-/m1/s1. The molecule has 7 heteroatoms. The molecule has 3 atom stereocenters. The minimum absolute atomic E-state index is 0.0720. The van der Waals surface area contributed by atoms with E-state index >= 15 is 0 Å². The maximum atomic E-state index is 14.7. The van der Waals surface area contributed by atoms with Gasteiger partial charge in [-0.1, -0.05) is 12.1 Å². The minimum Gasteiger partial charge on any atom is -0.372 e. The topological polar surface area (TPSA) is 38.3 Å². The van der Waals surface area contributed by atoms with Gasteiger partial charge in [0.1, 0.15) is 11.9 Å². The molecule has 1 N–H and O–H groups in total. The van der Waals surface area contributed by atoms with Crippen LogP contribution in [0.5, 0.6) is 0 Å². The lowest BCUT2D eigenvalue weighted by Crippen LogP contribution is -2.36. The fourth-order valence-corrected chi connectivity index (χ4v) is 3.38. The smallest absolute Gasteiger partial charge is 0.301 e. The second-order valence-electron chi connectivity index (χ2n) is 7.05. The summed E-state index contributed by atoms with van der Waals surface area (Å²) in [6.07, 6.45) is -0.544. The van der Waals surface area contributed by atoms with Gasteiger partial charge in [-0.2, -0.15) is 8.78 Å². The van der Waals surface area contributed by atoms with Crippen LogP contribution in [0, 0.1) is 5.82 Å². The number of ether oxygens (including phenoxy) is 1. The van der Waals surface area contributed by atoms with Crippen molar-refractivity contribution >= 4 is 11.0 Å². The Kier molecular flexibility index (Phi) is 5.77. The van der Waals surface area contributed by atoms with E-state index in [2.05, 4.69) is 4.72 Å². The zero-order chi connectivity index (χ0) is 18.1. The van der Waals surface area contributed by atoms with Gasteiger partial charge in [-0.3, -0.25) is 0 Å². The minimum atomic E-state index is -3.39. The number of nitrogens with one attached hydrogen (secondary N) is 1. The molecule has 0 bridgehead atoms. The summed E-state index contributed by atoms with van der Waals surface area (Å²) in [4.78, 5) is 0. The van der Waals surface area contributed by atoms with E-state index in [1.54, 1.807) is 27.7 Å². The van der Waals surface area contributed by atoms with E-state index < -0.39 is 45.2 Å². The third-order valence-electron chi connectivity index (χ3n) is 4.03. The normalized spacial score (nSPS) is 21.7. The highest BCUT2D eigenvalue weighted by Crippen LogP contribution is 2.40. The first-order valence-electron chi connectivity index (χ1n) is 8.01. The Morgan fingerprint density at radius 2 is 2.00 bits per heavy atom. The van der Waals surface area contributed by atoms with Crippen molar-refractivity contribution in [2.45, 2.75) is 63.4 Å². The van der Waals surface area contributed by atoms with Crippen LogP contribution >= 0.6 is 0 Å². The quantitative estimate of drug-likeness (QED) is 0.851. The van der Waals surface area contributed by atoms with Crippen molar-refractivity contribution in [2.75, 3.05) is 6.61 Å². The fourth-order valence-electron chi connectivity index (χ4n) is 2.58. The molecular weight excluding hydrogens is 339 g/mol. The Labute approximate surface area is 143 Å². The number of halogens is 3. The van der Waals surface area contributed by atoms with Gasteiger partial charge in [-0.05, 0) is 46.6 Å². The summed E-state index contributed by atoms with van der Waals surface area (Å²) in [5.41, 5.74) is -0.593. The van der Waals surface area contributed by atoms with Gasteiger partial charge >= 0.3 is 5.92 Å². The summed E-state index contributed by atoms with van der Waals surface area (Å²) < 4.78 is 63.3. The van der Waals surface area contributed by atoms with Gasteiger partial charge in [0.2, 0.25) is 0 Å². The fraction of sp³-hybridized carbons (Fsp3) is 0.647. The average molecular weight is 363 g/mol. The second-order valence-corrected chi connectivity index (χ2v) is 9.05. The molecule has 1 saturated heterocycles. The third-order valence-corrected chi connectivity index (χ3v) is 5.71. The van der Waals surface area contributed by atoms with Crippen molar-refractivity contribution in [3.8, 4) is 0 Å². The molecule has 1 heterocycles. The molecule has 1 aliphatic heterocycles. The molecule has 1 aromatic carbocycles. The molecule has 2 rings (SSSR count). The van der Waals surface area contributed by atoms with Gasteiger partial charge in [-0.15, -0.1) is 0 Å². The SMILES string of the molecule is C[C@@H](N[S@](=O)C(C)(C)C)c1cccc(C(F)(F)[C@@H]2CCCO2)c1F. The molecule has 1 aliphatic rings. The molecule has 3 nitrogen and oxygen atoms in total. The predicted molar refractivity (Wildman–Crippen MR) is 88.7 cm³/mol. The van der Waals surface area contributed by atoms with Crippen LogP contribution in [0.3, 0.4) is 0 Å². The van der Waals surface area contributed by atoms with E-state index in [1.165, 1.54) is 12.1 Å². The molecule has 0 aromatic heterocycles. The summed E-state index contributed by atoms with van der Waals surface area (Å²) in [5, 5.41) is 0. The van der Waals surface area contributed by atoms with Crippen LogP contribution in [-0.2, 0) is 21.6 Å². The van der Waals surface area contributed by atoms with Gasteiger partial charge < -0.3 is 4.74 Å². The Morgan fingerprint density at radius 3 is 2.54 bits per heavy atom. The number of rotatable bonds is 5. The Bertz CT molecular complexity index is 610. The molecule has 0 saturated carbocycles.